The Balaban J connectivity index is 4.07. The third-order valence-electron chi connectivity index (χ3n) is 17.5. The monoisotopic (exact) mass is 1330 g/mol. The van der Waals surface area contributed by atoms with Crippen molar-refractivity contribution in [3.63, 3.8) is 0 Å². The Morgan fingerprint density at radius 3 is 0.895 bits per heavy atom. The molecule has 548 valence electrons. The molecule has 0 aliphatic rings. The highest BCUT2D eigenvalue weighted by molar-refractivity contribution is 5.71. The fourth-order valence-electron chi connectivity index (χ4n) is 11.5. The largest absolute Gasteiger partial charge is 0.477 e. The summed E-state index contributed by atoms with van der Waals surface area (Å²) < 4.78 is 23.0. The fraction of sp³-hybridized carbons (Fsp3) is 0.756. The van der Waals surface area contributed by atoms with E-state index in [-0.39, 0.29) is 32.2 Å². The van der Waals surface area contributed by atoms with Crippen LogP contribution in [0.5, 0.6) is 0 Å². The van der Waals surface area contributed by atoms with Gasteiger partial charge in [0.2, 0.25) is 0 Å². The van der Waals surface area contributed by atoms with E-state index in [1.54, 1.807) is 0 Å². The summed E-state index contributed by atoms with van der Waals surface area (Å²) in [5.74, 6) is -2.02. The summed E-state index contributed by atoms with van der Waals surface area (Å²) in [6.45, 7) is 4.78. The number of allylic oxidation sites excluding steroid dienone is 18. The first-order valence-electron chi connectivity index (χ1n) is 40.1. The third-order valence-corrected chi connectivity index (χ3v) is 17.5. The van der Waals surface area contributed by atoms with Gasteiger partial charge in [0.15, 0.2) is 6.10 Å². The quantitative estimate of drug-likeness (QED) is 0.0211. The molecule has 0 aliphatic carbocycles. The molecule has 0 rings (SSSR count). The lowest BCUT2D eigenvalue weighted by Crippen LogP contribution is -2.40. The molecule has 9 nitrogen and oxygen atoms in total. The van der Waals surface area contributed by atoms with E-state index in [0.717, 1.165) is 109 Å². The van der Waals surface area contributed by atoms with Gasteiger partial charge in [0, 0.05) is 12.8 Å². The Bertz CT molecular complexity index is 1930. The number of hydrogen-bond acceptors (Lipinski definition) is 7. The molecule has 0 amide bonds. The summed E-state index contributed by atoms with van der Waals surface area (Å²) in [5, 5.41) is 9.77. The molecule has 0 spiro atoms. The van der Waals surface area contributed by atoms with Crippen molar-refractivity contribution in [2.75, 3.05) is 47.5 Å². The molecule has 0 aromatic carbocycles. The standard InChI is InChI=1S/C86H151NO8/c1-6-8-10-12-14-16-18-20-22-24-26-28-30-32-34-36-38-40-41-42-43-45-46-48-50-52-54-56-58-60-62-64-66-68-70-72-74-76-83(88)93-80-82(81-94-86(85(90)91)92-79-78-87(3,4)5)95-84(89)77-75-73-71-69-67-65-63-61-59-57-55-53-51-49-47-44-39-37-35-33-31-29-27-25-23-21-19-17-15-13-11-9-7-2/h9,11,15,17,21,23,27,29,33,35,39,44,49,51,55,57,61,63,82,86H,6-8,10,12-14,16,18-20,22,24-26,28,30-32,34,36-38,40-43,45-48,50,52-54,56,58-60,62,64-81H2,1-5H3/p+1/b11-9-,17-15-,23-21-,29-27-,35-33-,44-39-,51-49-,57-55-,63-61-. The second-order valence-electron chi connectivity index (χ2n) is 28.0. The highest BCUT2D eigenvalue weighted by atomic mass is 16.7. The number of likely N-dealkylation sites (N-methyl/N-ethyl adjacent to an activating group) is 1. The lowest BCUT2D eigenvalue weighted by atomic mass is 10.0. The number of aliphatic carboxylic acids is 1. The number of ether oxygens (including phenoxy) is 4. The van der Waals surface area contributed by atoms with Crippen molar-refractivity contribution in [2.24, 2.45) is 0 Å². The van der Waals surface area contributed by atoms with Gasteiger partial charge in [-0.1, -0.05) is 374 Å². The number of carboxylic acids is 1. The number of carbonyl (C=O) groups is 3. The molecule has 9 heteroatoms. The highest BCUT2D eigenvalue weighted by Gasteiger charge is 2.25. The molecule has 0 saturated heterocycles. The topological polar surface area (TPSA) is 108 Å². The number of quaternary nitrogens is 1. The van der Waals surface area contributed by atoms with Crippen LogP contribution in [0.1, 0.15) is 361 Å². The summed E-state index contributed by atoms with van der Waals surface area (Å²) in [6, 6.07) is 0. The van der Waals surface area contributed by atoms with Crippen LogP contribution >= 0.6 is 0 Å². The molecular weight excluding hydrogens is 1170 g/mol. The number of hydrogen-bond donors (Lipinski definition) is 1. The first-order valence-corrected chi connectivity index (χ1v) is 40.1. The average Bonchev–Trinajstić information content (AvgIpc) is 3.75. The highest BCUT2D eigenvalue weighted by Crippen LogP contribution is 2.19. The zero-order valence-electron chi connectivity index (χ0n) is 62.8. The van der Waals surface area contributed by atoms with Gasteiger partial charge in [-0.05, 0) is 83.5 Å². The van der Waals surface area contributed by atoms with E-state index in [4.69, 9.17) is 18.9 Å². The Morgan fingerprint density at radius 1 is 0.326 bits per heavy atom. The summed E-state index contributed by atoms with van der Waals surface area (Å²) in [4.78, 5) is 37.7. The Kier molecular flexibility index (Phi) is 72.5. The number of carbonyl (C=O) groups excluding carboxylic acids is 2. The zero-order chi connectivity index (χ0) is 69.0. The van der Waals surface area contributed by atoms with Gasteiger partial charge in [-0.2, -0.15) is 0 Å². The minimum absolute atomic E-state index is 0.180. The molecule has 0 aromatic heterocycles. The van der Waals surface area contributed by atoms with Gasteiger partial charge < -0.3 is 28.5 Å². The second kappa shape index (κ2) is 75.7. The lowest BCUT2D eigenvalue weighted by Gasteiger charge is -2.25. The van der Waals surface area contributed by atoms with Crippen LogP contribution < -0.4 is 0 Å². The van der Waals surface area contributed by atoms with E-state index in [9.17, 15) is 19.5 Å². The van der Waals surface area contributed by atoms with Gasteiger partial charge in [-0.25, -0.2) is 4.79 Å². The molecule has 0 heterocycles. The number of carboxylic acid groups (broad SMARTS) is 1. The zero-order valence-corrected chi connectivity index (χ0v) is 62.8. The van der Waals surface area contributed by atoms with Gasteiger partial charge in [-0.15, -0.1) is 0 Å². The third kappa shape index (κ3) is 77.2. The van der Waals surface area contributed by atoms with Crippen LogP contribution in [0.25, 0.3) is 0 Å². The van der Waals surface area contributed by atoms with Crippen LogP contribution in [0.15, 0.2) is 109 Å². The SMILES string of the molecule is CC/C=C\C/C=C\C/C=C\C/C=C\C/C=C\C/C=C\C/C=C\C/C=C\C/C=C\CCCCCCCC(=O)OC(COC(=O)CCCCCCCCCCCCCCCCCCCCCCCCCCCCCCCCCCCCCCC)COC(OCC[N+](C)(C)C)C(=O)O. The summed E-state index contributed by atoms with van der Waals surface area (Å²) in [5.41, 5.74) is 0. The minimum Gasteiger partial charge on any atom is -0.477 e. The van der Waals surface area contributed by atoms with Gasteiger partial charge in [-0.3, -0.25) is 9.59 Å². The van der Waals surface area contributed by atoms with Gasteiger partial charge in [0.25, 0.3) is 6.29 Å². The number of rotatable bonds is 74. The molecule has 0 radical (unpaired) electrons. The van der Waals surface area contributed by atoms with Crippen molar-refractivity contribution >= 4 is 17.9 Å². The smallest absolute Gasteiger partial charge is 0.361 e. The molecular formula is C86H152NO8+. The Hall–Kier alpha value is -4.05. The van der Waals surface area contributed by atoms with Crippen LogP contribution in [0.4, 0.5) is 0 Å². The van der Waals surface area contributed by atoms with E-state index in [0.29, 0.717) is 23.9 Å². The maximum atomic E-state index is 13.0. The number of nitrogens with zero attached hydrogens (tertiary/aromatic N) is 1. The van der Waals surface area contributed by atoms with Crippen LogP contribution in [0.3, 0.4) is 0 Å². The Morgan fingerprint density at radius 2 is 0.600 bits per heavy atom. The van der Waals surface area contributed by atoms with Crippen molar-refractivity contribution in [2.45, 2.75) is 373 Å². The maximum absolute atomic E-state index is 13.0. The van der Waals surface area contributed by atoms with E-state index in [1.165, 1.54) is 218 Å². The van der Waals surface area contributed by atoms with Gasteiger partial charge in [0.1, 0.15) is 13.2 Å². The van der Waals surface area contributed by atoms with Crippen LogP contribution in [-0.4, -0.2) is 87.4 Å². The molecule has 0 bridgehead atoms. The average molecular weight is 1330 g/mol. The predicted octanol–water partition coefficient (Wildman–Crippen LogP) is 25.7. The maximum Gasteiger partial charge on any atom is 0.361 e. The summed E-state index contributed by atoms with van der Waals surface area (Å²) in [6.07, 6.45) is 104. The van der Waals surface area contributed by atoms with Crippen molar-refractivity contribution in [3.8, 4) is 0 Å². The van der Waals surface area contributed by atoms with Crippen LogP contribution in [0, 0.1) is 0 Å². The number of unbranched alkanes of at least 4 members (excludes halogenated alkanes) is 41. The van der Waals surface area contributed by atoms with Crippen LogP contribution in [-0.2, 0) is 33.3 Å². The predicted molar refractivity (Wildman–Crippen MR) is 410 cm³/mol. The van der Waals surface area contributed by atoms with E-state index in [2.05, 4.69) is 123 Å². The second-order valence-corrected chi connectivity index (χ2v) is 28.0. The molecule has 0 aliphatic heterocycles. The molecule has 0 aromatic rings. The van der Waals surface area contributed by atoms with E-state index in [1.807, 2.05) is 21.1 Å². The minimum atomic E-state index is -1.52. The van der Waals surface area contributed by atoms with Crippen molar-refractivity contribution in [1.29, 1.82) is 0 Å². The fourth-order valence-corrected chi connectivity index (χ4v) is 11.5. The molecule has 0 fully saturated rings. The number of esters is 2. The lowest BCUT2D eigenvalue weighted by molar-refractivity contribution is -0.870. The molecule has 95 heavy (non-hydrogen) atoms. The first kappa shape index (κ1) is 91.0. The van der Waals surface area contributed by atoms with Gasteiger partial charge >= 0.3 is 17.9 Å². The Labute approximate surface area is 587 Å². The first-order chi connectivity index (χ1) is 46.6. The van der Waals surface area contributed by atoms with E-state index < -0.39 is 24.3 Å². The van der Waals surface area contributed by atoms with Crippen LogP contribution in [0.2, 0.25) is 0 Å². The summed E-state index contributed by atoms with van der Waals surface area (Å²) in [7, 11) is 5.98. The molecule has 2 atom stereocenters. The van der Waals surface area contributed by atoms with Crippen molar-refractivity contribution < 1.29 is 42.9 Å². The normalized spacial score (nSPS) is 13.2. The van der Waals surface area contributed by atoms with Crippen molar-refractivity contribution in [1.82, 2.24) is 0 Å². The van der Waals surface area contributed by atoms with Crippen molar-refractivity contribution in [3.05, 3.63) is 109 Å². The van der Waals surface area contributed by atoms with Gasteiger partial charge in [0.05, 0.1) is 34.4 Å². The molecule has 0 saturated carbocycles. The molecule has 1 N–H and O–H groups in total. The van der Waals surface area contributed by atoms with E-state index >= 15 is 0 Å². The molecule has 2 unspecified atom stereocenters. The summed E-state index contributed by atoms with van der Waals surface area (Å²) >= 11 is 0.